The van der Waals surface area contributed by atoms with Gasteiger partial charge in [0, 0.05) is 12.6 Å². The van der Waals surface area contributed by atoms with Crippen LogP contribution in [0.5, 0.6) is 0 Å². The molecule has 0 aromatic heterocycles. The van der Waals surface area contributed by atoms with Crippen LogP contribution in [0, 0.1) is 11.8 Å². The fraction of sp³-hybridized carbons (Fsp3) is 0.667. The van der Waals surface area contributed by atoms with Crippen LogP contribution >= 0.6 is 0 Å². The molecule has 0 bridgehead atoms. The fourth-order valence-electron chi connectivity index (χ4n) is 3.62. The highest BCUT2D eigenvalue weighted by Crippen LogP contribution is 2.31. The van der Waals surface area contributed by atoms with Crippen molar-refractivity contribution in [3.63, 3.8) is 0 Å². The lowest BCUT2D eigenvalue weighted by molar-refractivity contribution is 0.0474. The van der Waals surface area contributed by atoms with Gasteiger partial charge in [-0.15, -0.1) is 0 Å². The maximum Gasteiger partial charge on any atom is 0.0949 e. The molecule has 1 aliphatic carbocycles. The van der Waals surface area contributed by atoms with Crippen LogP contribution in [0.15, 0.2) is 24.3 Å². The molecule has 0 spiro atoms. The van der Waals surface area contributed by atoms with Crippen LogP contribution in [0.3, 0.4) is 0 Å². The summed E-state index contributed by atoms with van der Waals surface area (Å²) in [6.45, 7) is 6.43. The monoisotopic (exact) mass is 273 g/mol. The first-order valence-electron chi connectivity index (χ1n) is 8.16. The number of fused-ring (bicyclic) bond motifs is 1. The Labute approximate surface area is 122 Å². The van der Waals surface area contributed by atoms with Crippen molar-refractivity contribution in [3.8, 4) is 0 Å². The topological polar surface area (TPSA) is 21.3 Å². The van der Waals surface area contributed by atoms with E-state index in [0.29, 0.717) is 6.04 Å². The zero-order valence-corrected chi connectivity index (χ0v) is 12.8. The summed E-state index contributed by atoms with van der Waals surface area (Å²) in [5.74, 6) is 1.45. The summed E-state index contributed by atoms with van der Waals surface area (Å²) in [6.07, 6.45) is 5.41. The fourth-order valence-corrected chi connectivity index (χ4v) is 3.62. The van der Waals surface area contributed by atoms with Gasteiger partial charge in [0.1, 0.15) is 0 Å². The van der Waals surface area contributed by atoms with Crippen molar-refractivity contribution >= 4 is 0 Å². The first kappa shape index (κ1) is 14.1. The van der Waals surface area contributed by atoms with Gasteiger partial charge in [-0.25, -0.2) is 0 Å². The molecule has 0 radical (unpaired) electrons. The van der Waals surface area contributed by atoms with Gasteiger partial charge in [-0.1, -0.05) is 44.5 Å². The molecule has 1 aliphatic heterocycles. The molecule has 1 N–H and O–H groups in total. The molecule has 2 aliphatic rings. The summed E-state index contributed by atoms with van der Waals surface area (Å²) < 4.78 is 6.16. The average Bonchev–Trinajstić information content (AvgIpc) is 2.78. The second kappa shape index (κ2) is 6.28. The molecular formula is C18H27NO. The highest BCUT2D eigenvalue weighted by molar-refractivity contribution is 5.25. The number of ether oxygens (including phenoxy) is 1. The van der Waals surface area contributed by atoms with Gasteiger partial charge in [0.05, 0.1) is 12.7 Å². The Kier molecular flexibility index (Phi) is 4.42. The standard InChI is InChI=1S/C18H27NO/c1-13(2)10-14-6-8-15(9-7-14)18-11-19-17-5-3-4-16(17)12-20-18/h6-9,13,16-19H,3-5,10-12H2,1-2H3. The third-order valence-electron chi connectivity index (χ3n) is 4.73. The molecule has 3 atom stereocenters. The average molecular weight is 273 g/mol. The van der Waals surface area contributed by atoms with Crippen LogP contribution in [-0.4, -0.2) is 19.2 Å². The lowest BCUT2D eigenvalue weighted by atomic mass is 10.00. The van der Waals surface area contributed by atoms with E-state index in [1.54, 1.807) is 0 Å². The predicted octanol–water partition coefficient (Wildman–Crippen LogP) is 3.71. The normalized spacial score (nSPS) is 30.2. The smallest absolute Gasteiger partial charge is 0.0949 e. The molecule has 3 unspecified atom stereocenters. The molecule has 20 heavy (non-hydrogen) atoms. The minimum Gasteiger partial charge on any atom is -0.372 e. The van der Waals surface area contributed by atoms with Crippen molar-refractivity contribution in [2.75, 3.05) is 13.2 Å². The predicted molar refractivity (Wildman–Crippen MR) is 82.8 cm³/mol. The molecule has 2 heteroatoms. The minimum atomic E-state index is 0.230. The van der Waals surface area contributed by atoms with Crippen LogP contribution in [0.4, 0.5) is 0 Å². The zero-order valence-electron chi connectivity index (χ0n) is 12.8. The van der Waals surface area contributed by atoms with Crippen LogP contribution in [0.25, 0.3) is 0 Å². The Bertz CT molecular complexity index is 412. The Morgan fingerprint density at radius 1 is 1.20 bits per heavy atom. The van der Waals surface area contributed by atoms with E-state index in [2.05, 4.69) is 43.4 Å². The van der Waals surface area contributed by atoms with Crippen molar-refractivity contribution in [1.82, 2.24) is 5.32 Å². The van der Waals surface area contributed by atoms with E-state index >= 15 is 0 Å². The van der Waals surface area contributed by atoms with Gasteiger partial charge < -0.3 is 10.1 Å². The molecule has 110 valence electrons. The molecule has 0 amide bonds. The van der Waals surface area contributed by atoms with Gasteiger partial charge in [-0.05, 0) is 42.2 Å². The van der Waals surface area contributed by atoms with E-state index in [-0.39, 0.29) is 6.10 Å². The van der Waals surface area contributed by atoms with Crippen LogP contribution in [0.2, 0.25) is 0 Å². The van der Waals surface area contributed by atoms with Gasteiger partial charge in [0.2, 0.25) is 0 Å². The third-order valence-corrected chi connectivity index (χ3v) is 4.73. The second-order valence-corrected chi connectivity index (χ2v) is 6.87. The van der Waals surface area contributed by atoms with E-state index < -0.39 is 0 Å². The van der Waals surface area contributed by atoms with Crippen LogP contribution < -0.4 is 5.32 Å². The van der Waals surface area contributed by atoms with Gasteiger partial charge in [0.15, 0.2) is 0 Å². The lowest BCUT2D eigenvalue weighted by Crippen LogP contribution is -2.32. The largest absolute Gasteiger partial charge is 0.372 e. The molecule has 3 rings (SSSR count). The molecule has 1 saturated carbocycles. The quantitative estimate of drug-likeness (QED) is 0.906. The van der Waals surface area contributed by atoms with E-state index in [4.69, 9.17) is 4.74 Å². The van der Waals surface area contributed by atoms with Crippen molar-refractivity contribution < 1.29 is 4.74 Å². The van der Waals surface area contributed by atoms with Crippen molar-refractivity contribution in [3.05, 3.63) is 35.4 Å². The maximum absolute atomic E-state index is 6.16. The molecule has 1 aromatic carbocycles. The van der Waals surface area contributed by atoms with Crippen LogP contribution in [-0.2, 0) is 11.2 Å². The molecule has 1 heterocycles. The minimum absolute atomic E-state index is 0.230. The Morgan fingerprint density at radius 3 is 2.75 bits per heavy atom. The van der Waals surface area contributed by atoms with Gasteiger partial charge in [0.25, 0.3) is 0 Å². The molecule has 1 saturated heterocycles. The summed E-state index contributed by atoms with van der Waals surface area (Å²) in [6, 6.07) is 9.74. The molecular weight excluding hydrogens is 246 g/mol. The molecule has 2 nitrogen and oxygen atoms in total. The Balaban J connectivity index is 1.64. The van der Waals surface area contributed by atoms with E-state index in [1.165, 1.54) is 30.4 Å². The third kappa shape index (κ3) is 3.24. The number of hydrogen-bond acceptors (Lipinski definition) is 2. The highest BCUT2D eigenvalue weighted by atomic mass is 16.5. The second-order valence-electron chi connectivity index (χ2n) is 6.87. The summed E-state index contributed by atoms with van der Waals surface area (Å²) in [7, 11) is 0. The van der Waals surface area contributed by atoms with Gasteiger partial charge >= 0.3 is 0 Å². The van der Waals surface area contributed by atoms with Crippen molar-refractivity contribution in [2.45, 2.75) is 51.7 Å². The molecule has 1 aromatic rings. The number of hydrogen-bond donors (Lipinski definition) is 1. The first-order valence-corrected chi connectivity index (χ1v) is 8.16. The highest BCUT2D eigenvalue weighted by Gasteiger charge is 2.31. The number of rotatable bonds is 3. The molecule has 2 fully saturated rings. The Morgan fingerprint density at radius 2 is 2.00 bits per heavy atom. The first-order chi connectivity index (χ1) is 9.72. The number of nitrogens with one attached hydrogen (secondary N) is 1. The van der Waals surface area contributed by atoms with Crippen LogP contribution in [0.1, 0.15) is 50.3 Å². The number of benzene rings is 1. The van der Waals surface area contributed by atoms with E-state index in [0.717, 1.165) is 31.4 Å². The summed E-state index contributed by atoms with van der Waals surface area (Å²) in [4.78, 5) is 0. The summed E-state index contributed by atoms with van der Waals surface area (Å²) >= 11 is 0. The Hall–Kier alpha value is -0.860. The lowest BCUT2D eigenvalue weighted by Gasteiger charge is -2.17. The zero-order chi connectivity index (χ0) is 13.9. The van der Waals surface area contributed by atoms with Gasteiger partial charge in [-0.3, -0.25) is 0 Å². The van der Waals surface area contributed by atoms with E-state index in [1.807, 2.05) is 0 Å². The summed E-state index contributed by atoms with van der Waals surface area (Å²) in [5.41, 5.74) is 2.76. The summed E-state index contributed by atoms with van der Waals surface area (Å²) in [5, 5.41) is 3.71. The SMILES string of the molecule is CC(C)Cc1ccc(C2CNC3CCCC3CO2)cc1. The van der Waals surface area contributed by atoms with E-state index in [9.17, 15) is 0 Å². The van der Waals surface area contributed by atoms with Crippen molar-refractivity contribution in [2.24, 2.45) is 11.8 Å². The van der Waals surface area contributed by atoms with Crippen molar-refractivity contribution in [1.29, 1.82) is 0 Å². The maximum atomic E-state index is 6.16. The van der Waals surface area contributed by atoms with Gasteiger partial charge in [-0.2, -0.15) is 0 Å².